The van der Waals surface area contributed by atoms with Gasteiger partial charge in [-0.25, -0.2) is 4.79 Å². The molecule has 1 saturated heterocycles. The third-order valence-electron chi connectivity index (χ3n) is 6.90. The van der Waals surface area contributed by atoms with E-state index in [0.717, 1.165) is 22.3 Å². The van der Waals surface area contributed by atoms with E-state index in [1.807, 2.05) is 38.1 Å². The van der Waals surface area contributed by atoms with Gasteiger partial charge in [-0.2, -0.15) is 0 Å². The van der Waals surface area contributed by atoms with Crippen LogP contribution in [0.25, 0.3) is 11.1 Å². The van der Waals surface area contributed by atoms with Gasteiger partial charge in [0.05, 0.1) is 5.92 Å². The van der Waals surface area contributed by atoms with Crippen LogP contribution in [-0.4, -0.2) is 53.2 Å². The Hall–Kier alpha value is -3.35. The summed E-state index contributed by atoms with van der Waals surface area (Å²) in [6.45, 7) is 5.98. The number of nitrogens with one attached hydrogen (secondary N) is 1. The molecule has 174 valence electrons. The number of likely N-dealkylation sites (tertiary alicyclic amines) is 1. The standard InChI is InChI=1S/C26H30N2O5/c1-15(2)23(24(29)28-13-12-17(16(28)3)25(30)31)27-26(32)33-14-22-20-10-6-4-8-18(20)19-9-5-7-11-21(19)22/h4-11,15-17,22-23H,12-14H2,1-3H3,(H,27,32)(H,30,31). The fraction of sp³-hybridized carbons (Fsp3) is 0.423. The second kappa shape index (κ2) is 9.25. The van der Waals surface area contributed by atoms with Gasteiger partial charge in [0.15, 0.2) is 0 Å². The summed E-state index contributed by atoms with van der Waals surface area (Å²) in [5.41, 5.74) is 4.53. The van der Waals surface area contributed by atoms with Crippen molar-refractivity contribution in [2.24, 2.45) is 11.8 Å². The summed E-state index contributed by atoms with van der Waals surface area (Å²) in [7, 11) is 0. The molecule has 2 N–H and O–H groups in total. The number of carbonyl (C=O) groups is 3. The van der Waals surface area contributed by atoms with Crippen molar-refractivity contribution in [3.05, 3.63) is 59.7 Å². The number of fused-ring (bicyclic) bond motifs is 3. The summed E-state index contributed by atoms with van der Waals surface area (Å²) in [6.07, 6.45) is -0.233. The first-order valence-electron chi connectivity index (χ1n) is 11.4. The molecule has 1 heterocycles. The minimum atomic E-state index is -0.900. The molecule has 0 saturated carbocycles. The second-order valence-electron chi connectivity index (χ2n) is 9.20. The number of carbonyl (C=O) groups excluding carboxylic acids is 2. The maximum atomic E-state index is 13.2. The zero-order valence-corrected chi connectivity index (χ0v) is 19.2. The van der Waals surface area contributed by atoms with Crippen molar-refractivity contribution in [2.45, 2.75) is 45.2 Å². The molecule has 4 rings (SSSR count). The Balaban J connectivity index is 1.42. The van der Waals surface area contributed by atoms with Gasteiger partial charge in [0.25, 0.3) is 0 Å². The van der Waals surface area contributed by atoms with E-state index in [4.69, 9.17) is 4.74 Å². The van der Waals surface area contributed by atoms with E-state index in [1.54, 1.807) is 11.8 Å². The molecule has 1 aliphatic heterocycles. The van der Waals surface area contributed by atoms with Gasteiger partial charge < -0.3 is 20.1 Å². The summed E-state index contributed by atoms with van der Waals surface area (Å²) in [5.74, 6) is -1.99. The number of carboxylic acid groups (broad SMARTS) is 1. The molecular formula is C26H30N2O5. The van der Waals surface area contributed by atoms with Gasteiger partial charge in [-0.05, 0) is 41.5 Å². The molecule has 2 aliphatic rings. The van der Waals surface area contributed by atoms with Crippen molar-refractivity contribution in [1.29, 1.82) is 0 Å². The van der Waals surface area contributed by atoms with Crippen LogP contribution in [0.4, 0.5) is 4.79 Å². The van der Waals surface area contributed by atoms with E-state index in [9.17, 15) is 19.5 Å². The number of amides is 2. The Labute approximate surface area is 193 Å². The first-order chi connectivity index (χ1) is 15.8. The maximum absolute atomic E-state index is 13.2. The lowest BCUT2D eigenvalue weighted by Gasteiger charge is -2.30. The average Bonchev–Trinajstić information content (AvgIpc) is 3.33. The quantitative estimate of drug-likeness (QED) is 0.697. The number of rotatable bonds is 6. The summed E-state index contributed by atoms with van der Waals surface area (Å²) >= 11 is 0. The average molecular weight is 451 g/mol. The predicted molar refractivity (Wildman–Crippen MR) is 124 cm³/mol. The van der Waals surface area contributed by atoms with Crippen LogP contribution >= 0.6 is 0 Å². The molecule has 1 fully saturated rings. The molecule has 2 aromatic rings. The number of alkyl carbamates (subject to hydrolysis) is 1. The molecule has 33 heavy (non-hydrogen) atoms. The van der Waals surface area contributed by atoms with Crippen LogP contribution in [0.15, 0.2) is 48.5 Å². The molecule has 2 amide bonds. The number of ether oxygens (including phenoxy) is 1. The molecule has 2 aromatic carbocycles. The molecular weight excluding hydrogens is 420 g/mol. The molecule has 0 bridgehead atoms. The van der Waals surface area contributed by atoms with Crippen LogP contribution < -0.4 is 5.32 Å². The second-order valence-corrected chi connectivity index (χ2v) is 9.20. The van der Waals surface area contributed by atoms with Gasteiger partial charge >= 0.3 is 12.1 Å². The molecule has 3 unspecified atom stereocenters. The Kier molecular flexibility index (Phi) is 6.40. The topological polar surface area (TPSA) is 95.9 Å². The van der Waals surface area contributed by atoms with Gasteiger partial charge in [-0.1, -0.05) is 62.4 Å². The van der Waals surface area contributed by atoms with Gasteiger partial charge in [0, 0.05) is 18.5 Å². The monoisotopic (exact) mass is 450 g/mol. The van der Waals surface area contributed by atoms with Crippen LogP contribution in [-0.2, 0) is 14.3 Å². The highest BCUT2D eigenvalue weighted by molar-refractivity contribution is 5.87. The molecule has 0 aromatic heterocycles. The smallest absolute Gasteiger partial charge is 0.407 e. The molecule has 0 spiro atoms. The molecule has 7 nitrogen and oxygen atoms in total. The van der Waals surface area contributed by atoms with E-state index in [1.165, 1.54) is 0 Å². The van der Waals surface area contributed by atoms with Crippen LogP contribution in [0.2, 0.25) is 0 Å². The van der Waals surface area contributed by atoms with Gasteiger partial charge in [0.1, 0.15) is 12.6 Å². The minimum Gasteiger partial charge on any atom is -0.481 e. The lowest BCUT2D eigenvalue weighted by atomic mass is 9.98. The van der Waals surface area contributed by atoms with Crippen LogP contribution in [0, 0.1) is 11.8 Å². The first kappa shape index (κ1) is 22.8. The third-order valence-corrected chi connectivity index (χ3v) is 6.90. The lowest BCUT2D eigenvalue weighted by molar-refractivity contribution is -0.143. The summed E-state index contributed by atoms with van der Waals surface area (Å²) in [6, 6.07) is 15.0. The molecule has 1 aliphatic carbocycles. The zero-order chi connectivity index (χ0) is 23.7. The van der Waals surface area contributed by atoms with Crippen LogP contribution in [0.3, 0.4) is 0 Å². The van der Waals surface area contributed by atoms with Crippen LogP contribution in [0.5, 0.6) is 0 Å². The third kappa shape index (κ3) is 4.32. The molecule has 3 atom stereocenters. The Morgan fingerprint density at radius 3 is 2.15 bits per heavy atom. The first-order valence-corrected chi connectivity index (χ1v) is 11.4. The number of hydrogen-bond donors (Lipinski definition) is 2. The van der Waals surface area contributed by atoms with E-state index in [-0.39, 0.29) is 24.3 Å². The number of aliphatic carboxylic acids is 1. The van der Waals surface area contributed by atoms with Crippen molar-refractivity contribution in [1.82, 2.24) is 10.2 Å². The summed E-state index contributed by atoms with van der Waals surface area (Å²) in [4.78, 5) is 38.8. The van der Waals surface area contributed by atoms with Crippen molar-refractivity contribution >= 4 is 18.0 Å². The van der Waals surface area contributed by atoms with E-state index < -0.39 is 30.1 Å². The Morgan fingerprint density at radius 2 is 1.64 bits per heavy atom. The van der Waals surface area contributed by atoms with Gasteiger partial charge in [-0.3, -0.25) is 9.59 Å². The highest BCUT2D eigenvalue weighted by Crippen LogP contribution is 2.44. The summed E-state index contributed by atoms with van der Waals surface area (Å²) in [5, 5.41) is 12.1. The highest BCUT2D eigenvalue weighted by Gasteiger charge is 2.41. The lowest BCUT2D eigenvalue weighted by Crippen LogP contribution is -2.53. The SMILES string of the molecule is CC(C)C(NC(=O)OCC1c2ccccc2-c2ccccc21)C(=O)N1CCC(C(=O)O)C1C. The molecule has 0 radical (unpaired) electrons. The van der Waals surface area contributed by atoms with E-state index in [2.05, 4.69) is 29.6 Å². The van der Waals surface area contributed by atoms with Gasteiger partial charge in [0.2, 0.25) is 5.91 Å². The number of carboxylic acids is 1. The zero-order valence-electron chi connectivity index (χ0n) is 19.2. The Bertz CT molecular complexity index is 1020. The molecule has 7 heteroatoms. The fourth-order valence-electron chi connectivity index (χ4n) is 5.04. The number of benzene rings is 2. The van der Waals surface area contributed by atoms with Crippen molar-refractivity contribution < 1.29 is 24.2 Å². The van der Waals surface area contributed by atoms with Crippen LogP contribution in [0.1, 0.15) is 44.2 Å². The summed E-state index contributed by atoms with van der Waals surface area (Å²) < 4.78 is 5.60. The number of hydrogen-bond acceptors (Lipinski definition) is 4. The number of nitrogens with zero attached hydrogens (tertiary/aromatic N) is 1. The van der Waals surface area contributed by atoms with Crippen molar-refractivity contribution in [3.8, 4) is 11.1 Å². The minimum absolute atomic E-state index is 0.0636. The predicted octanol–water partition coefficient (Wildman–Crippen LogP) is 3.87. The van der Waals surface area contributed by atoms with Gasteiger partial charge in [-0.15, -0.1) is 0 Å². The van der Waals surface area contributed by atoms with E-state index >= 15 is 0 Å². The van der Waals surface area contributed by atoms with Crippen molar-refractivity contribution in [3.63, 3.8) is 0 Å². The fourth-order valence-corrected chi connectivity index (χ4v) is 5.04. The van der Waals surface area contributed by atoms with E-state index in [0.29, 0.717) is 13.0 Å². The van der Waals surface area contributed by atoms with Crippen molar-refractivity contribution in [2.75, 3.05) is 13.2 Å². The maximum Gasteiger partial charge on any atom is 0.407 e. The normalized spacial score (nSPS) is 20.3. The highest BCUT2D eigenvalue weighted by atomic mass is 16.5. The Morgan fingerprint density at radius 1 is 1.06 bits per heavy atom. The largest absolute Gasteiger partial charge is 0.481 e.